The standard InChI is InChI=1S/C11H15N3O2/c1-7-3-13-10(16-7)6-14-11(15)8(2)9-4-12-5-9/h3,12H,4-6H2,1-2H3,(H,14,15). The number of carbonyl (C=O) groups excluding carboxylic acids is 1. The Balaban J connectivity index is 1.88. The molecule has 1 fully saturated rings. The summed E-state index contributed by atoms with van der Waals surface area (Å²) in [4.78, 5) is 15.7. The number of aromatic nitrogens is 1. The monoisotopic (exact) mass is 221 g/mol. The van der Waals surface area contributed by atoms with Crippen molar-refractivity contribution >= 4 is 5.91 Å². The van der Waals surface area contributed by atoms with Gasteiger partial charge in [0.15, 0.2) is 0 Å². The lowest BCUT2D eigenvalue weighted by molar-refractivity contribution is -0.117. The summed E-state index contributed by atoms with van der Waals surface area (Å²) in [6.07, 6.45) is 1.64. The molecule has 1 aliphatic heterocycles. The van der Waals surface area contributed by atoms with Crippen molar-refractivity contribution < 1.29 is 9.21 Å². The van der Waals surface area contributed by atoms with Gasteiger partial charge in [-0.25, -0.2) is 4.98 Å². The Morgan fingerprint density at radius 2 is 2.38 bits per heavy atom. The van der Waals surface area contributed by atoms with Crippen molar-refractivity contribution in [1.82, 2.24) is 15.6 Å². The lowest BCUT2D eigenvalue weighted by Crippen LogP contribution is -2.37. The molecule has 1 aromatic heterocycles. The highest BCUT2D eigenvalue weighted by atomic mass is 16.4. The molecule has 0 radical (unpaired) electrons. The van der Waals surface area contributed by atoms with E-state index in [9.17, 15) is 4.79 Å². The van der Waals surface area contributed by atoms with Crippen molar-refractivity contribution in [1.29, 1.82) is 0 Å². The summed E-state index contributed by atoms with van der Waals surface area (Å²) in [6.45, 7) is 5.64. The maximum absolute atomic E-state index is 11.7. The smallest absolute Gasteiger partial charge is 0.247 e. The normalized spacial score (nSPS) is 14.5. The molecule has 2 N–H and O–H groups in total. The molecular weight excluding hydrogens is 206 g/mol. The first-order valence-electron chi connectivity index (χ1n) is 5.25. The highest BCUT2D eigenvalue weighted by Crippen LogP contribution is 2.09. The van der Waals surface area contributed by atoms with Crippen LogP contribution in [0, 0.1) is 6.92 Å². The summed E-state index contributed by atoms with van der Waals surface area (Å²) in [5.74, 6) is 1.24. The zero-order chi connectivity index (χ0) is 11.5. The van der Waals surface area contributed by atoms with E-state index in [1.54, 1.807) is 6.20 Å². The van der Waals surface area contributed by atoms with Gasteiger partial charge in [0.2, 0.25) is 11.8 Å². The van der Waals surface area contributed by atoms with Crippen molar-refractivity contribution in [2.24, 2.45) is 0 Å². The Labute approximate surface area is 93.9 Å². The molecule has 0 bridgehead atoms. The molecule has 1 saturated heterocycles. The van der Waals surface area contributed by atoms with Crippen molar-refractivity contribution in [2.75, 3.05) is 13.1 Å². The largest absolute Gasteiger partial charge is 0.444 e. The van der Waals surface area contributed by atoms with Crippen molar-refractivity contribution in [2.45, 2.75) is 20.4 Å². The summed E-state index contributed by atoms with van der Waals surface area (Å²) in [7, 11) is 0. The van der Waals surface area contributed by atoms with Gasteiger partial charge in [-0.3, -0.25) is 4.79 Å². The number of hydrogen-bond donors (Lipinski definition) is 2. The quantitative estimate of drug-likeness (QED) is 0.730. The van der Waals surface area contributed by atoms with Crippen LogP contribution >= 0.6 is 0 Å². The fourth-order valence-corrected chi connectivity index (χ4v) is 1.45. The number of hydrogen-bond acceptors (Lipinski definition) is 4. The molecule has 16 heavy (non-hydrogen) atoms. The number of nitrogens with one attached hydrogen (secondary N) is 2. The van der Waals surface area contributed by atoms with Crippen LogP contribution in [-0.2, 0) is 11.3 Å². The van der Waals surface area contributed by atoms with Crippen LogP contribution in [0.1, 0.15) is 18.6 Å². The number of rotatable bonds is 3. The van der Waals surface area contributed by atoms with Crippen LogP contribution < -0.4 is 10.6 Å². The predicted octanol–water partition coefficient (Wildman–Crippen LogP) is 0.519. The average molecular weight is 221 g/mol. The third-order valence-corrected chi connectivity index (χ3v) is 2.62. The minimum absolute atomic E-state index is 0.0487. The van der Waals surface area contributed by atoms with Gasteiger partial charge in [-0.1, -0.05) is 0 Å². The Hall–Kier alpha value is -1.62. The summed E-state index contributed by atoms with van der Waals surface area (Å²) in [6, 6.07) is 0. The zero-order valence-corrected chi connectivity index (χ0v) is 9.46. The van der Waals surface area contributed by atoms with Crippen molar-refractivity contribution in [3.8, 4) is 0 Å². The van der Waals surface area contributed by atoms with E-state index in [0.717, 1.165) is 24.4 Å². The number of oxazole rings is 1. The minimum atomic E-state index is -0.0487. The highest BCUT2D eigenvalue weighted by Gasteiger charge is 2.16. The Kier molecular flexibility index (Phi) is 3.05. The van der Waals surface area contributed by atoms with Gasteiger partial charge in [0, 0.05) is 18.7 Å². The van der Waals surface area contributed by atoms with E-state index in [1.165, 1.54) is 5.57 Å². The van der Waals surface area contributed by atoms with E-state index < -0.39 is 0 Å². The highest BCUT2D eigenvalue weighted by molar-refractivity contribution is 5.93. The first kappa shape index (κ1) is 10.9. The summed E-state index contributed by atoms with van der Waals surface area (Å²) in [5.41, 5.74) is 1.96. The molecule has 0 spiro atoms. The molecule has 1 aromatic rings. The van der Waals surface area contributed by atoms with Crippen LogP contribution in [-0.4, -0.2) is 24.0 Å². The molecule has 0 aromatic carbocycles. The average Bonchev–Trinajstić information content (AvgIpc) is 2.58. The lowest BCUT2D eigenvalue weighted by atomic mass is 10.0. The zero-order valence-electron chi connectivity index (χ0n) is 9.46. The Morgan fingerprint density at radius 3 is 2.88 bits per heavy atom. The second kappa shape index (κ2) is 4.49. The van der Waals surface area contributed by atoms with Crippen LogP contribution in [0.5, 0.6) is 0 Å². The minimum Gasteiger partial charge on any atom is -0.444 e. The number of nitrogens with zero attached hydrogens (tertiary/aromatic N) is 1. The predicted molar refractivity (Wildman–Crippen MR) is 58.7 cm³/mol. The van der Waals surface area contributed by atoms with Crippen molar-refractivity contribution in [3.63, 3.8) is 0 Å². The van der Waals surface area contributed by atoms with Gasteiger partial charge in [0.05, 0.1) is 12.7 Å². The lowest BCUT2D eigenvalue weighted by Gasteiger charge is -2.21. The van der Waals surface area contributed by atoms with Gasteiger partial charge in [0.25, 0.3) is 0 Å². The van der Waals surface area contributed by atoms with Crippen LogP contribution in [0.2, 0.25) is 0 Å². The SMILES string of the molecule is CC(C(=O)NCc1ncc(C)o1)=C1CNC1. The molecule has 1 aliphatic rings. The topological polar surface area (TPSA) is 67.2 Å². The second-order valence-corrected chi connectivity index (χ2v) is 3.88. The molecule has 0 aliphatic carbocycles. The third-order valence-electron chi connectivity index (χ3n) is 2.62. The van der Waals surface area contributed by atoms with E-state index in [0.29, 0.717) is 12.4 Å². The maximum Gasteiger partial charge on any atom is 0.247 e. The van der Waals surface area contributed by atoms with Crippen LogP contribution in [0.3, 0.4) is 0 Å². The van der Waals surface area contributed by atoms with Crippen LogP contribution in [0.25, 0.3) is 0 Å². The molecule has 0 saturated carbocycles. The molecule has 86 valence electrons. The molecule has 2 heterocycles. The van der Waals surface area contributed by atoms with Gasteiger partial charge >= 0.3 is 0 Å². The molecule has 0 unspecified atom stereocenters. The van der Waals surface area contributed by atoms with Crippen LogP contribution in [0.4, 0.5) is 0 Å². The van der Waals surface area contributed by atoms with Crippen molar-refractivity contribution in [3.05, 3.63) is 29.0 Å². The Morgan fingerprint density at radius 1 is 1.62 bits per heavy atom. The van der Waals surface area contributed by atoms with Gasteiger partial charge in [-0.15, -0.1) is 0 Å². The van der Waals surface area contributed by atoms with E-state index in [1.807, 2.05) is 13.8 Å². The Bertz CT molecular complexity index is 428. The number of amides is 1. The molecule has 1 amide bonds. The first-order valence-corrected chi connectivity index (χ1v) is 5.25. The van der Waals surface area contributed by atoms with E-state index in [2.05, 4.69) is 15.6 Å². The van der Waals surface area contributed by atoms with Gasteiger partial charge in [-0.05, 0) is 19.4 Å². The molecule has 5 nitrogen and oxygen atoms in total. The van der Waals surface area contributed by atoms with E-state index >= 15 is 0 Å². The molecule has 2 rings (SSSR count). The summed E-state index contributed by atoms with van der Waals surface area (Å²) in [5, 5.41) is 5.89. The second-order valence-electron chi connectivity index (χ2n) is 3.88. The fourth-order valence-electron chi connectivity index (χ4n) is 1.45. The van der Waals surface area contributed by atoms with Crippen LogP contribution in [0.15, 0.2) is 21.8 Å². The van der Waals surface area contributed by atoms with Gasteiger partial charge in [-0.2, -0.15) is 0 Å². The third kappa shape index (κ3) is 2.30. The van der Waals surface area contributed by atoms with E-state index in [4.69, 9.17) is 4.42 Å². The summed E-state index contributed by atoms with van der Waals surface area (Å²) < 4.78 is 5.26. The number of aryl methyl sites for hydroxylation is 1. The number of carbonyl (C=O) groups is 1. The maximum atomic E-state index is 11.7. The molecule has 0 atom stereocenters. The molecular formula is C11H15N3O2. The van der Waals surface area contributed by atoms with Gasteiger partial charge in [0.1, 0.15) is 5.76 Å². The first-order chi connectivity index (χ1) is 7.66. The van der Waals surface area contributed by atoms with Gasteiger partial charge < -0.3 is 15.1 Å². The van der Waals surface area contributed by atoms with E-state index in [-0.39, 0.29) is 5.91 Å². The fraction of sp³-hybridized carbons (Fsp3) is 0.455. The molecule has 5 heteroatoms. The summed E-state index contributed by atoms with van der Waals surface area (Å²) >= 11 is 0.